The van der Waals surface area contributed by atoms with E-state index in [9.17, 15) is 23.1 Å². The van der Waals surface area contributed by atoms with Crippen molar-refractivity contribution in [2.45, 2.75) is 6.36 Å². The van der Waals surface area contributed by atoms with Crippen LogP contribution in [0.25, 0.3) is 0 Å². The highest BCUT2D eigenvalue weighted by atomic mass is 19.4. The van der Waals surface area contributed by atoms with Crippen LogP contribution < -0.4 is 0 Å². The van der Waals surface area contributed by atoms with E-state index in [0.29, 0.717) is 0 Å². The summed E-state index contributed by atoms with van der Waals surface area (Å²) in [6.07, 6.45) is -5.03. The zero-order chi connectivity index (χ0) is 7.49. The van der Waals surface area contributed by atoms with Gasteiger partial charge in [-0.05, 0) is 0 Å². The predicted molar refractivity (Wildman–Crippen MR) is 17.7 cm³/mol. The second kappa shape index (κ2) is 2.67. The standard InChI is InChI=1S/C3H2F3O3/c4-3(5,6)9-2(8)1-7/h1H2. The summed E-state index contributed by atoms with van der Waals surface area (Å²) >= 11 is 0. The highest BCUT2D eigenvalue weighted by molar-refractivity contribution is 5.70. The van der Waals surface area contributed by atoms with Crippen molar-refractivity contribution in [3.8, 4) is 0 Å². The molecule has 0 aromatic rings. The third-order valence-electron chi connectivity index (χ3n) is 0.347. The Labute approximate surface area is 48.0 Å². The minimum atomic E-state index is -5.03. The van der Waals surface area contributed by atoms with Gasteiger partial charge in [0, 0.05) is 0 Å². The molecule has 0 N–H and O–H groups in total. The SMILES string of the molecule is [O]CC(=O)OC(F)(F)F. The molecule has 0 aliphatic rings. The number of esters is 1. The van der Waals surface area contributed by atoms with Crippen LogP contribution in [0.1, 0.15) is 0 Å². The van der Waals surface area contributed by atoms with Gasteiger partial charge in [-0.2, -0.15) is 0 Å². The van der Waals surface area contributed by atoms with E-state index in [1.54, 1.807) is 0 Å². The molecule has 0 rings (SSSR count). The first-order valence-electron chi connectivity index (χ1n) is 1.82. The summed E-state index contributed by atoms with van der Waals surface area (Å²) in [6.45, 7) is -1.51. The second-order valence-electron chi connectivity index (χ2n) is 1.06. The van der Waals surface area contributed by atoms with Gasteiger partial charge >= 0.3 is 12.3 Å². The van der Waals surface area contributed by atoms with Gasteiger partial charge in [-0.15, -0.1) is 13.2 Å². The van der Waals surface area contributed by atoms with Crippen LogP contribution in [0.3, 0.4) is 0 Å². The largest absolute Gasteiger partial charge is 0.575 e. The molecule has 0 bridgehead atoms. The van der Waals surface area contributed by atoms with E-state index in [4.69, 9.17) is 0 Å². The molecule has 0 aliphatic carbocycles. The summed E-state index contributed by atoms with van der Waals surface area (Å²) in [5, 5.41) is 9.33. The Morgan fingerprint density at radius 2 is 1.89 bits per heavy atom. The summed E-state index contributed by atoms with van der Waals surface area (Å²) in [4.78, 5) is 9.57. The molecule has 0 aromatic heterocycles. The van der Waals surface area contributed by atoms with Crippen LogP contribution in [-0.4, -0.2) is 18.9 Å². The Morgan fingerprint density at radius 1 is 1.44 bits per heavy atom. The number of hydrogen-bond donors (Lipinski definition) is 0. The monoisotopic (exact) mass is 143 g/mol. The van der Waals surface area contributed by atoms with E-state index < -0.39 is 18.9 Å². The maximum Gasteiger partial charge on any atom is 0.575 e. The molecule has 0 saturated heterocycles. The number of alkyl halides is 3. The second-order valence-corrected chi connectivity index (χ2v) is 1.06. The fourth-order valence-corrected chi connectivity index (χ4v) is 0.159. The minimum absolute atomic E-state index is 1.51. The van der Waals surface area contributed by atoms with Crippen molar-refractivity contribution in [1.29, 1.82) is 0 Å². The Bertz CT molecular complexity index is 107. The lowest BCUT2D eigenvalue weighted by Crippen LogP contribution is -2.20. The molecule has 53 valence electrons. The summed E-state index contributed by atoms with van der Waals surface area (Å²) in [5.41, 5.74) is 0. The average Bonchev–Trinajstić information content (AvgIpc) is 1.62. The molecule has 0 amide bonds. The van der Waals surface area contributed by atoms with Gasteiger partial charge in [-0.3, -0.25) is 0 Å². The maximum absolute atomic E-state index is 10.9. The molecule has 1 radical (unpaired) electrons. The van der Waals surface area contributed by atoms with E-state index >= 15 is 0 Å². The smallest absolute Gasteiger partial charge is 0.371 e. The first kappa shape index (κ1) is 8.22. The predicted octanol–water partition coefficient (Wildman–Crippen LogP) is 0.480. The summed E-state index contributed by atoms with van der Waals surface area (Å²) in [6, 6.07) is 0. The Kier molecular flexibility index (Phi) is 2.44. The summed E-state index contributed by atoms with van der Waals surface area (Å²) in [5.74, 6) is -1.82. The fraction of sp³-hybridized carbons (Fsp3) is 0.667. The van der Waals surface area contributed by atoms with Gasteiger partial charge in [0.15, 0.2) is 6.61 Å². The molecule has 9 heavy (non-hydrogen) atoms. The average molecular weight is 143 g/mol. The van der Waals surface area contributed by atoms with Gasteiger partial charge in [0.2, 0.25) is 0 Å². The normalized spacial score (nSPS) is 11.1. The van der Waals surface area contributed by atoms with Crippen molar-refractivity contribution < 1.29 is 27.8 Å². The quantitative estimate of drug-likeness (QED) is 0.501. The van der Waals surface area contributed by atoms with E-state index in [-0.39, 0.29) is 0 Å². The Morgan fingerprint density at radius 3 is 2.00 bits per heavy atom. The van der Waals surface area contributed by atoms with Crippen LogP contribution in [0.5, 0.6) is 0 Å². The molecule has 6 heteroatoms. The zero-order valence-electron chi connectivity index (χ0n) is 4.07. The maximum atomic E-state index is 10.9. The summed E-state index contributed by atoms with van der Waals surface area (Å²) < 4.78 is 35.4. The van der Waals surface area contributed by atoms with Gasteiger partial charge in [0.25, 0.3) is 0 Å². The van der Waals surface area contributed by atoms with Gasteiger partial charge in [0.1, 0.15) is 0 Å². The summed E-state index contributed by atoms with van der Waals surface area (Å²) in [7, 11) is 0. The topological polar surface area (TPSA) is 46.2 Å². The number of rotatable bonds is 1. The zero-order valence-corrected chi connectivity index (χ0v) is 4.07. The highest BCUT2D eigenvalue weighted by Gasteiger charge is 2.33. The third kappa shape index (κ3) is 5.09. The third-order valence-corrected chi connectivity index (χ3v) is 0.347. The van der Waals surface area contributed by atoms with Crippen LogP contribution in [0, 0.1) is 0 Å². The van der Waals surface area contributed by atoms with Crippen LogP contribution in [0.15, 0.2) is 0 Å². The van der Waals surface area contributed by atoms with E-state index in [1.807, 2.05) is 0 Å². The molecule has 0 aliphatic heterocycles. The first-order valence-corrected chi connectivity index (χ1v) is 1.82. The Hall–Kier alpha value is -0.780. The number of halogens is 3. The molecular weight excluding hydrogens is 141 g/mol. The van der Waals surface area contributed by atoms with E-state index in [2.05, 4.69) is 4.74 Å². The van der Waals surface area contributed by atoms with E-state index in [1.165, 1.54) is 0 Å². The Balaban J connectivity index is 3.60. The van der Waals surface area contributed by atoms with Crippen LogP contribution in [-0.2, 0) is 14.6 Å². The van der Waals surface area contributed by atoms with Crippen molar-refractivity contribution in [2.75, 3.05) is 6.61 Å². The van der Waals surface area contributed by atoms with Gasteiger partial charge in [0.05, 0.1) is 0 Å². The van der Waals surface area contributed by atoms with Gasteiger partial charge in [-0.25, -0.2) is 9.90 Å². The van der Waals surface area contributed by atoms with E-state index in [0.717, 1.165) is 0 Å². The first-order chi connectivity index (χ1) is 3.95. The van der Waals surface area contributed by atoms with Crippen LogP contribution in [0.2, 0.25) is 0 Å². The van der Waals surface area contributed by atoms with Crippen molar-refractivity contribution in [2.24, 2.45) is 0 Å². The lowest BCUT2D eigenvalue weighted by molar-refractivity contribution is -0.307. The molecule has 0 saturated carbocycles. The molecule has 0 atom stereocenters. The number of ether oxygens (including phenoxy) is 1. The van der Waals surface area contributed by atoms with Gasteiger partial charge < -0.3 is 4.74 Å². The number of hydrogen-bond acceptors (Lipinski definition) is 2. The lowest BCUT2D eigenvalue weighted by atomic mass is 10.7. The van der Waals surface area contributed by atoms with Crippen molar-refractivity contribution in [1.82, 2.24) is 0 Å². The minimum Gasteiger partial charge on any atom is -0.371 e. The van der Waals surface area contributed by atoms with Crippen LogP contribution >= 0.6 is 0 Å². The van der Waals surface area contributed by atoms with Crippen LogP contribution in [0.4, 0.5) is 13.2 Å². The van der Waals surface area contributed by atoms with Gasteiger partial charge in [-0.1, -0.05) is 0 Å². The number of carbonyl (C=O) groups is 1. The van der Waals surface area contributed by atoms with Crippen molar-refractivity contribution in [3.05, 3.63) is 0 Å². The van der Waals surface area contributed by atoms with Crippen molar-refractivity contribution in [3.63, 3.8) is 0 Å². The van der Waals surface area contributed by atoms with Crippen molar-refractivity contribution >= 4 is 5.97 Å². The molecule has 0 unspecified atom stereocenters. The fourth-order valence-electron chi connectivity index (χ4n) is 0.159. The lowest BCUT2D eigenvalue weighted by Gasteiger charge is -2.03. The highest BCUT2D eigenvalue weighted by Crippen LogP contribution is 2.15. The molecule has 0 fully saturated rings. The number of carbonyl (C=O) groups excluding carboxylic acids is 1. The molecule has 3 nitrogen and oxygen atoms in total. The molecule has 0 aromatic carbocycles. The molecule has 0 spiro atoms. The molecule has 0 heterocycles. The molecular formula is C3H2F3O3.